The van der Waals surface area contributed by atoms with Crippen LogP contribution >= 0.6 is 0 Å². The van der Waals surface area contributed by atoms with Gasteiger partial charge in [-0.15, -0.1) is 10.2 Å². The predicted molar refractivity (Wildman–Crippen MR) is 247 cm³/mol. The minimum absolute atomic E-state index is 0.223. The first-order chi connectivity index (χ1) is 31.7. The van der Waals surface area contributed by atoms with Crippen molar-refractivity contribution < 1.29 is 13.5 Å². The van der Waals surface area contributed by atoms with Crippen LogP contribution in [0, 0.1) is 23.0 Å². The molecule has 2 saturated heterocycles. The number of piperidine rings is 2. The highest BCUT2D eigenvalue weighted by molar-refractivity contribution is 6.01. The topological polar surface area (TPSA) is 124 Å². The van der Waals surface area contributed by atoms with Crippen LogP contribution in [0.1, 0.15) is 42.4 Å². The van der Waals surface area contributed by atoms with Crippen molar-refractivity contribution in [3.63, 3.8) is 0 Å². The molecule has 8 aromatic rings. The minimum atomic E-state index is -0.569. The van der Waals surface area contributed by atoms with Crippen molar-refractivity contribution in [3.05, 3.63) is 138 Å². The van der Waals surface area contributed by atoms with Crippen LogP contribution in [0.3, 0.4) is 0 Å². The Morgan fingerprint density at radius 1 is 0.738 bits per heavy atom. The number of halogens is 2. The third kappa shape index (κ3) is 8.27. The van der Waals surface area contributed by atoms with Crippen LogP contribution in [0.25, 0.3) is 50.0 Å². The average molecular weight is 871 g/mol. The Morgan fingerprint density at radius 2 is 1.42 bits per heavy atom. The van der Waals surface area contributed by atoms with Crippen molar-refractivity contribution in [1.82, 2.24) is 45.1 Å². The molecule has 6 heterocycles. The number of nitriles is 1. The molecular weight excluding hydrogens is 821 g/mol. The SMILES string of the molecule is CN(Cc1ccc(F)cc1F)C1CCN(c2nnc(-c3ccnn3C)c3cc(-[n+]4nc(N5CCC(NCc6ccc(C#N)cc6)CC5)c5ccccc5c4-c4ccnn4C)ccc23)CC1. The van der Waals surface area contributed by atoms with E-state index in [0.29, 0.717) is 23.7 Å². The Kier molecular flexibility index (Phi) is 11.4. The van der Waals surface area contributed by atoms with Gasteiger partial charge in [0, 0.05) is 123 Å². The summed E-state index contributed by atoms with van der Waals surface area (Å²) in [5.41, 5.74) is 6.62. The third-order valence-electron chi connectivity index (χ3n) is 13.2. The maximum Gasteiger partial charge on any atom is 0.271 e. The molecule has 13 nitrogen and oxygen atoms in total. The minimum Gasteiger partial charge on any atom is -0.354 e. The predicted octanol–water partition coefficient (Wildman–Crippen LogP) is 7.26. The van der Waals surface area contributed by atoms with E-state index in [4.69, 9.17) is 15.3 Å². The number of nitrogens with zero attached hydrogens (tertiary/aromatic N) is 12. The van der Waals surface area contributed by atoms with Gasteiger partial charge >= 0.3 is 0 Å². The number of anilines is 2. The van der Waals surface area contributed by atoms with Gasteiger partial charge in [0.15, 0.2) is 5.82 Å². The lowest BCUT2D eigenvalue weighted by Gasteiger charge is -2.37. The molecule has 15 heteroatoms. The van der Waals surface area contributed by atoms with E-state index in [-0.39, 0.29) is 6.04 Å². The molecule has 0 saturated carbocycles. The van der Waals surface area contributed by atoms with Gasteiger partial charge in [-0.2, -0.15) is 15.5 Å². The molecule has 0 bridgehead atoms. The zero-order valence-corrected chi connectivity index (χ0v) is 36.7. The van der Waals surface area contributed by atoms with Crippen LogP contribution < -0.4 is 19.8 Å². The standard InChI is InChI=1S/C50H50F2N13/c1-60(32-35-12-13-36(51)28-44(35)52)38-20-26-63(27-21-38)49-42-15-14-39(29-43(42)47(57-58-49)45-16-22-55-61(45)2)65-48(46-17-23-56-62(46)3)40-6-4-5-7-41(40)50(59-65)64-24-18-37(19-25-64)54-31-34-10-8-33(30-53)9-11-34/h4-17,22-23,28-29,37-38,54H,18-21,24-27,31-32H2,1-3H3/q+1. The quantitative estimate of drug-likeness (QED) is 0.133. The number of nitrogens with one attached hydrogen (secondary N) is 1. The van der Waals surface area contributed by atoms with E-state index >= 15 is 0 Å². The maximum absolute atomic E-state index is 14.6. The van der Waals surface area contributed by atoms with Crippen molar-refractivity contribution in [2.45, 2.75) is 50.9 Å². The van der Waals surface area contributed by atoms with Crippen LogP contribution in [0.15, 0.2) is 109 Å². The van der Waals surface area contributed by atoms with E-state index < -0.39 is 11.6 Å². The third-order valence-corrected chi connectivity index (χ3v) is 13.2. The van der Waals surface area contributed by atoms with Crippen LogP contribution in [0.4, 0.5) is 20.4 Å². The van der Waals surface area contributed by atoms with Crippen LogP contribution in [-0.2, 0) is 27.2 Å². The Hall–Kier alpha value is -7.15. The molecule has 0 radical (unpaired) electrons. The largest absolute Gasteiger partial charge is 0.354 e. The summed E-state index contributed by atoms with van der Waals surface area (Å²) in [5.74, 6) is 0.645. The molecule has 10 rings (SSSR count). The van der Waals surface area contributed by atoms with Gasteiger partial charge in [0.25, 0.3) is 5.69 Å². The van der Waals surface area contributed by atoms with E-state index in [2.05, 4.69) is 83.4 Å². The summed E-state index contributed by atoms with van der Waals surface area (Å²) in [6, 6.07) is 33.3. The molecule has 2 aliphatic heterocycles. The number of rotatable bonds is 11. The highest BCUT2D eigenvalue weighted by Crippen LogP contribution is 2.36. The number of fused-ring (bicyclic) bond motifs is 2. The molecule has 65 heavy (non-hydrogen) atoms. The summed E-state index contributed by atoms with van der Waals surface area (Å²) in [4.78, 5) is 6.87. The molecule has 0 atom stereocenters. The zero-order chi connectivity index (χ0) is 44.6. The normalized spacial score (nSPS) is 15.1. The fourth-order valence-electron chi connectivity index (χ4n) is 9.58. The number of aromatic nitrogens is 8. The van der Waals surface area contributed by atoms with Crippen LogP contribution in [0.2, 0.25) is 0 Å². The van der Waals surface area contributed by atoms with E-state index in [0.717, 1.165) is 132 Å². The monoisotopic (exact) mass is 870 g/mol. The van der Waals surface area contributed by atoms with E-state index in [1.165, 1.54) is 12.1 Å². The molecule has 0 amide bonds. The van der Waals surface area contributed by atoms with E-state index in [1.54, 1.807) is 6.20 Å². The highest BCUT2D eigenvalue weighted by atomic mass is 19.1. The molecule has 0 unspecified atom stereocenters. The lowest BCUT2D eigenvalue weighted by Crippen LogP contribution is -2.45. The van der Waals surface area contributed by atoms with Gasteiger partial charge in [0.05, 0.1) is 22.7 Å². The molecule has 1 N–H and O–H groups in total. The van der Waals surface area contributed by atoms with Crippen molar-refractivity contribution in [2.24, 2.45) is 14.1 Å². The van der Waals surface area contributed by atoms with Crippen molar-refractivity contribution in [2.75, 3.05) is 43.0 Å². The Labute approximate surface area is 376 Å². The average Bonchev–Trinajstić information content (AvgIpc) is 3.97. The number of benzene rings is 4. The van der Waals surface area contributed by atoms with Gasteiger partial charge in [-0.05, 0) is 85.4 Å². The van der Waals surface area contributed by atoms with E-state index in [1.807, 2.05) is 73.1 Å². The molecule has 0 spiro atoms. The molecule has 2 fully saturated rings. The first-order valence-electron chi connectivity index (χ1n) is 22.2. The molecule has 0 aliphatic carbocycles. The summed E-state index contributed by atoms with van der Waals surface area (Å²) in [5, 5.41) is 41.5. The molecular formula is C50H50F2N13+. The van der Waals surface area contributed by atoms with Crippen molar-refractivity contribution >= 4 is 33.2 Å². The molecule has 4 aromatic heterocycles. The second-order valence-electron chi connectivity index (χ2n) is 17.2. The van der Waals surface area contributed by atoms with Gasteiger partial charge in [-0.1, -0.05) is 36.4 Å². The zero-order valence-electron chi connectivity index (χ0n) is 36.7. The summed E-state index contributed by atoms with van der Waals surface area (Å²) < 4.78 is 34.0. The summed E-state index contributed by atoms with van der Waals surface area (Å²) in [6.45, 7) is 4.32. The van der Waals surface area contributed by atoms with Gasteiger partial charge in [-0.3, -0.25) is 14.3 Å². The fourth-order valence-corrected chi connectivity index (χ4v) is 9.58. The van der Waals surface area contributed by atoms with Crippen LogP contribution in [0.5, 0.6) is 0 Å². The van der Waals surface area contributed by atoms with Gasteiger partial charge < -0.3 is 15.1 Å². The van der Waals surface area contributed by atoms with Crippen molar-refractivity contribution in [3.8, 4) is 34.5 Å². The smallest absolute Gasteiger partial charge is 0.271 e. The summed E-state index contributed by atoms with van der Waals surface area (Å²) in [7, 11) is 5.88. The lowest BCUT2D eigenvalue weighted by atomic mass is 10.0. The van der Waals surface area contributed by atoms with E-state index in [9.17, 15) is 14.0 Å². The van der Waals surface area contributed by atoms with Gasteiger partial charge in [0.2, 0.25) is 11.5 Å². The highest BCUT2D eigenvalue weighted by Gasteiger charge is 2.32. The second-order valence-corrected chi connectivity index (χ2v) is 17.2. The fraction of sp³-hybridized carbons (Fsp3) is 0.300. The summed E-state index contributed by atoms with van der Waals surface area (Å²) >= 11 is 0. The maximum atomic E-state index is 14.6. The van der Waals surface area contributed by atoms with Gasteiger partial charge in [0.1, 0.15) is 23.0 Å². The Bertz CT molecular complexity index is 3050. The molecule has 328 valence electrons. The van der Waals surface area contributed by atoms with Crippen LogP contribution in [-0.4, -0.2) is 85.1 Å². The summed E-state index contributed by atoms with van der Waals surface area (Å²) in [6.07, 6.45) is 7.22. The lowest BCUT2D eigenvalue weighted by molar-refractivity contribution is -0.646. The first-order valence-corrected chi connectivity index (χ1v) is 22.2. The Balaban J connectivity index is 0.998. The first kappa shape index (κ1) is 41.8. The molecule has 4 aromatic carbocycles. The second kappa shape index (κ2) is 17.8. The molecule has 2 aliphatic rings. The number of hydrogen-bond acceptors (Lipinski definition) is 10. The number of aryl methyl sites for hydroxylation is 2. The number of hydrogen-bond donors (Lipinski definition) is 1. The van der Waals surface area contributed by atoms with Crippen molar-refractivity contribution in [1.29, 1.82) is 5.26 Å². The Morgan fingerprint density at radius 3 is 2.11 bits per heavy atom. The van der Waals surface area contributed by atoms with Gasteiger partial charge in [-0.25, -0.2) is 8.78 Å².